The van der Waals surface area contributed by atoms with Crippen LogP contribution in [0.3, 0.4) is 0 Å². The molecule has 1 aliphatic rings. The van der Waals surface area contributed by atoms with Gasteiger partial charge < -0.3 is 23.8 Å². The molecule has 6 heteroatoms. The fourth-order valence-electron chi connectivity index (χ4n) is 2.90. The molecule has 1 heterocycles. The van der Waals surface area contributed by atoms with Crippen molar-refractivity contribution in [2.24, 2.45) is 0 Å². The van der Waals surface area contributed by atoms with E-state index in [0.29, 0.717) is 29.5 Å². The van der Waals surface area contributed by atoms with Gasteiger partial charge in [0.25, 0.3) is 5.91 Å². The Kier molecular flexibility index (Phi) is 4.70. The molecule has 1 amide bonds. The maximum atomic E-state index is 12.9. The van der Waals surface area contributed by atoms with Crippen LogP contribution in [0, 0.1) is 0 Å². The minimum absolute atomic E-state index is 0.134. The third kappa shape index (κ3) is 3.07. The number of benzene rings is 2. The third-order valence-corrected chi connectivity index (χ3v) is 4.18. The molecule has 0 aromatic heterocycles. The van der Waals surface area contributed by atoms with Gasteiger partial charge in [-0.2, -0.15) is 0 Å². The van der Waals surface area contributed by atoms with E-state index >= 15 is 0 Å². The molecule has 1 aliphatic heterocycles. The number of carbonyl (C=O) groups is 1. The minimum atomic E-state index is -0.595. The molecule has 0 radical (unpaired) electrons. The lowest BCUT2D eigenvalue weighted by Crippen LogP contribution is -2.38. The molecule has 0 fully saturated rings. The molecule has 25 heavy (non-hydrogen) atoms. The monoisotopic (exact) mass is 343 g/mol. The van der Waals surface area contributed by atoms with E-state index in [4.69, 9.17) is 18.9 Å². The second kappa shape index (κ2) is 6.93. The molecule has 0 bridgehead atoms. The maximum Gasteiger partial charge on any atom is 0.268 e. The zero-order chi connectivity index (χ0) is 18.0. The van der Waals surface area contributed by atoms with Gasteiger partial charge in [0.2, 0.25) is 5.75 Å². The highest BCUT2D eigenvalue weighted by atomic mass is 16.5. The Morgan fingerprint density at radius 1 is 1.04 bits per heavy atom. The van der Waals surface area contributed by atoms with E-state index in [0.717, 1.165) is 11.3 Å². The summed E-state index contributed by atoms with van der Waals surface area (Å²) in [7, 11) is 4.64. The van der Waals surface area contributed by atoms with Crippen LogP contribution in [0.5, 0.6) is 23.0 Å². The fourth-order valence-corrected chi connectivity index (χ4v) is 2.90. The number of hydrogen-bond acceptors (Lipinski definition) is 5. The van der Waals surface area contributed by atoms with Gasteiger partial charge in [0.05, 0.1) is 33.6 Å². The Bertz CT molecular complexity index is 764. The molecule has 0 saturated heterocycles. The average molecular weight is 343 g/mol. The quantitative estimate of drug-likeness (QED) is 0.854. The van der Waals surface area contributed by atoms with Crippen molar-refractivity contribution < 1.29 is 23.7 Å². The Balaban J connectivity index is 2.09. The van der Waals surface area contributed by atoms with Crippen molar-refractivity contribution in [1.82, 2.24) is 0 Å². The largest absolute Gasteiger partial charge is 0.493 e. The lowest BCUT2D eigenvalue weighted by atomic mass is 10.1. The smallest absolute Gasteiger partial charge is 0.268 e. The maximum absolute atomic E-state index is 12.9. The van der Waals surface area contributed by atoms with Gasteiger partial charge >= 0.3 is 0 Å². The first kappa shape index (κ1) is 17.0. The molecule has 0 spiro atoms. The molecule has 132 valence electrons. The normalized spacial score (nSPS) is 16.6. The summed E-state index contributed by atoms with van der Waals surface area (Å²) in [6.45, 7) is 2.15. The number of anilines is 1. The first-order valence-corrected chi connectivity index (χ1v) is 7.95. The van der Waals surface area contributed by atoms with Crippen LogP contribution >= 0.6 is 0 Å². The summed E-state index contributed by atoms with van der Waals surface area (Å²) < 4.78 is 21.9. The molecule has 6 nitrogen and oxygen atoms in total. The van der Waals surface area contributed by atoms with Gasteiger partial charge in [-0.15, -0.1) is 0 Å². The van der Waals surface area contributed by atoms with Crippen LogP contribution in [0.2, 0.25) is 0 Å². The van der Waals surface area contributed by atoms with Gasteiger partial charge in [-0.25, -0.2) is 0 Å². The van der Waals surface area contributed by atoms with E-state index in [1.165, 1.54) is 0 Å². The van der Waals surface area contributed by atoms with E-state index in [2.05, 4.69) is 0 Å². The van der Waals surface area contributed by atoms with E-state index < -0.39 is 6.10 Å². The van der Waals surface area contributed by atoms with Crippen LogP contribution in [-0.4, -0.2) is 33.3 Å². The summed E-state index contributed by atoms with van der Waals surface area (Å²) >= 11 is 0. The average Bonchev–Trinajstić information content (AvgIpc) is 2.77. The number of methoxy groups -OCH3 is 3. The number of hydrogen-bond donors (Lipinski definition) is 0. The summed E-state index contributed by atoms with van der Waals surface area (Å²) in [6, 6.07) is 11.2. The van der Waals surface area contributed by atoms with Gasteiger partial charge in [-0.05, 0) is 13.0 Å². The predicted octanol–water partition coefficient (Wildman–Crippen LogP) is 3.03. The Hall–Kier alpha value is -2.89. The number of ether oxygens (including phenoxy) is 4. The number of fused-ring (bicyclic) bond motifs is 1. The van der Waals surface area contributed by atoms with Crippen molar-refractivity contribution in [3.8, 4) is 23.0 Å². The Morgan fingerprint density at radius 3 is 2.28 bits per heavy atom. The van der Waals surface area contributed by atoms with Gasteiger partial charge in [0, 0.05) is 17.7 Å². The highest BCUT2D eigenvalue weighted by Crippen LogP contribution is 2.42. The van der Waals surface area contributed by atoms with E-state index in [-0.39, 0.29) is 5.91 Å². The minimum Gasteiger partial charge on any atom is -0.493 e. The molecule has 2 aromatic carbocycles. The van der Waals surface area contributed by atoms with Crippen LogP contribution < -0.4 is 23.8 Å². The van der Waals surface area contributed by atoms with Crippen LogP contribution in [0.4, 0.5) is 5.69 Å². The highest BCUT2D eigenvalue weighted by Gasteiger charge is 2.30. The van der Waals surface area contributed by atoms with Crippen molar-refractivity contribution >= 4 is 11.6 Å². The van der Waals surface area contributed by atoms with Gasteiger partial charge in [-0.3, -0.25) is 4.79 Å². The number of nitrogens with zero attached hydrogens (tertiary/aromatic N) is 1. The number of para-hydroxylation sites is 1. The number of amides is 1. The lowest BCUT2D eigenvalue weighted by molar-refractivity contribution is -0.124. The predicted molar refractivity (Wildman–Crippen MR) is 93.8 cm³/mol. The first-order valence-electron chi connectivity index (χ1n) is 7.95. The van der Waals surface area contributed by atoms with Crippen molar-refractivity contribution in [3.63, 3.8) is 0 Å². The molecule has 3 rings (SSSR count). The topological polar surface area (TPSA) is 57.2 Å². The Labute approximate surface area is 146 Å². The van der Waals surface area contributed by atoms with Crippen LogP contribution in [-0.2, 0) is 11.3 Å². The van der Waals surface area contributed by atoms with Crippen LogP contribution in [0.1, 0.15) is 12.5 Å². The molecule has 2 aromatic rings. The van der Waals surface area contributed by atoms with Gasteiger partial charge in [0.15, 0.2) is 17.6 Å². The summed E-state index contributed by atoms with van der Waals surface area (Å²) in [6.07, 6.45) is -0.595. The zero-order valence-corrected chi connectivity index (χ0v) is 14.7. The molecular formula is C19H21NO5. The third-order valence-electron chi connectivity index (χ3n) is 4.18. The second-order valence-electron chi connectivity index (χ2n) is 5.68. The molecule has 1 atom stereocenters. The number of rotatable bonds is 4. The van der Waals surface area contributed by atoms with Gasteiger partial charge in [-0.1, -0.05) is 18.2 Å². The molecule has 0 N–H and O–H groups in total. The summed E-state index contributed by atoms with van der Waals surface area (Å²) in [5.41, 5.74) is 1.60. The number of carbonyl (C=O) groups excluding carboxylic acids is 1. The molecular weight excluding hydrogens is 322 g/mol. The van der Waals surface area contributed by atoms with E-state index in [1.54, 1.807) is 45.3 Å². The standard InChI is InChI=1S/C19H21NO5/c1-12-19(21)20(11-13-7-5-6-8-15(13)25-12)14-9-16(22-2)18(24-4)17(10-14)23-3/h5-10,12H,11H2,1-4H3. The molecule has 0 aliphatic carbocycles. The van der Waals surface area contributed by atoms with Crippen LogP contribution in [0.15, 0.2) is 36.4 Å². The van der Waals surface area contributed by atoms with E-state index in [9.17, 15) is 4.79 Å². The Morgan fingerprint density at radius 2 is 1.68 bits per heavy atom. The lowest BCUT2D eigenvalue weighted by Gasteiger charge is -2.24. The first-order chi connectivity index (χ1) is 12.1. The molecule has 1 unspecified atom stereocenters. The summed E-state index contributed by atoms with van der Waals surface area (Å²) in [4.78, 5) is 14.5. The second-order valence-corrected chi connectivity index (χ2v) is 5.68. The fraction of sp³-hybridized carbons (Fsp3) is 0.316. The summed E-state index contributed by atoms with van der Waals surface area (Å²) in [5, 5.41) is 0. The van der Waals surface area contributed by atoms with E-state index in [1.807, 2.05) is 24.3 Å². The zero-order valence-electron chi connectivity index (χ0n) is 14.7. The summed E-state index contributed by atoms with van der Waals surface area (Å²) in [5.74, 6) is 2.07. The van der Waals surface area contributed by atoms with Crippen molar-refractivity contribution in [2.45, 2.75) is 19.6 Å². The molecule has 0 saturated carbocycles. The van der Waals surface area contributed by atoms with Crippen molar-refractivity contribution in [3.05, 3.63) is 42.0 Å². The SMILES string of the molecule is COc1cc(N2Cc3ccccc3OC(C)C2=O)cc(OC)c1OC. The van der Waals surface area contributed by atoms with Gasteiger partial charge in [0.1, 0.15) is 5.75 Å². The van der Waals surface area contributed by atoms with Crippen molar-refractivity contribution in [1.29, 1.82) is 0 Å². The van der Waals surface area contributed by atoms with Crippen LogP contribution in [0.25, 0.3) is 0 Å². The highest BCUT2D eigenvalue weighted by molar-refractivity contribution is 5.97. The van der Waals surface area contributed by atoms with Crippen molar-refractivity contribution in [2.75, 3.05) is 26.2 Å².